The summed E-state index contributed by atoms with van der Waals surface area (Å²) in [5.41, 5.74) is 4.51. The van der Waals surface area contributed by atoms with Crippen molar-refractivity contribution in [3.63, 3.8) is 0 Å². The molecular weight excluding hydrogens is 366 g/mol. The van der Waals surface area contributed by atoms with Crippen LogP contribution in [0.1, 0.15) is 34.6 Å². The van der Waals surface area contributed by atoms with E-state index in [-0.39, 0.29) is 11.5 Å². The van der Waals surface area contributed by atoms with Crippen LogP contribution in [0.25, 0.3) is 21.9 Å². The summed E-state index contributed by atoms with van der Waals surface area (Å²) in [7, 11) is 0. The van der Waals surface area contributed by atoms with Crippen molar-refractivity contribution in [2.75, 3.05) is 19.7 Å². The minimum absolute atomic E-state index is 0.0379. The summed E-state index contributed by atoms with van der Waals surface area (Å²) in [6, 6.07) is 12.1. The Hall–Kier alpha value is -3.19. The van der Waals surface area contributed by atoms with E-state index in [0.717, 1.165) is 36.8 Å². The molecule has 0 atom stereocenters. The van der Waals surface area contributed by atoms with Crippen molar-refractivity contribution in [1.29, 1.82) is 0 Å². The number of likely N-dealkylation sites (tertiary alicyclic amines) is 1. The Balaban J connectivity index is 1.27. The molecule has 29 heavy (non-hydrogen) atoms. The van der Waals surface area contributed by atoms with Crippen LogP contribution >= 0.6 is 0 Å². The molecule has 2 N–H and O–H groups in total. The minimum Gasteiger partial charge on any atom is -0.368 e. The predicted octanol–water partition coefficient (Wildman–Crippen LogP) is 3.14. The topological polar surface area (TPSA) is 86.9 Å². The number of amides is 1. The molecule has 1 spiro atoms. The highest BCUT2D eigenvalue weighted by Crippen LogP contribution is 2.43. The quantitative estimate of drug-likeness (QED) is 0.525. The number of nitrogens with one attached hydrogen (secondary N) is 2. The number of carbonyl (C=O) groups excluding carboxylic acids is 1. The number of aromatic amines is 2. The number of hydrogen-bond acceptors (Lipinski definition) is 4. The van der Waals surface area contributed by atoms with Gasteiger partial charge in [0.15, 0.2) is 5.65 Å². The maximum absolute atomic E-state index is 13.0. The minimum atomic E-state index is -0.329. The van der Waals surface area contributed by atoms with Gasteiger partial charge in [0.25, 0.3) is 5.91 Å². The number of aromatic nitrogens is 4. The maximum atomic E-state index is 13.0. The number of pyridine rings is 1. The summed E-state index contributed by atoms with van der Waals surface area (Å²) < 4.78 is 6.35. The Morgan fingerprint density at radius 3 is 2.90 bits per heavy atom. The molecule has 2 aliphatic rings. The van der Waals surface area contributed by atoms with Crippen LogP contribution in [0.15, 0.2) is 42.6 Å². The van der Waals surface area contributed by atoms with Crippen LogP contribution in [0.3, 0.4) is 0 Å². The zero-order valence-electron chi connectivity index (χ0n) is 15.9. The van der Waals surface area contributed by atoms with Crippen molar-refractivity contribution in [2.24, 2.45) is 0 Å². The summed E-state index contributed by atoms with van der Waals surface area (Å²) >= 11 is 0. The summed E-state index contributed by atoms with van der Waals surface area (Å²) in [4.78, 5) is 22.9. The third-order valence-corrected chi connectivity index (χ3v) is 6.38. The van der Waals surface area contributed by atoms with Gasteiger partial charge in [0.2, 0.25) is 0 Å². The van der Waals surface area contributed by atoms with Crippen LogP contribution in [-0.2, 0) is 16.8 Å². The third-order valence-electron chi connectivity index (χ3n) is 6.38. The van der Waals surface area contributed by atoms with Crippen molar-refractivity contribution in [1.82, 2.24) is 25.1 Å². The average Bonchev–Trinajstić information content (AvgIpc) is 3.39. The number of carbonyl (C=O) groups is 1. The highest BCUT2D eigenvalue weighted by molar-refractivity contribution is 5.94. The smallest absolute Gasteiger partial charge is 0.272 e. The van der Waals surface area contributed by atoms with Gasteiger partial charge in [-0.3, -0.25) is 9.89 Å². The zero-order chi connectivity index (χ0) is 19.4. The second kappa shape index (κ2) is 6.15. The van der Waals surface area contributed by atoms with Gasteiger partial charge in [-0.1, -0.05) is 18.2 Å². The lowest BCUT2D eigenvalue weighted by Crippen LogP contribution is -2.48. The molecule has 7 nitrogen and oxygen atoms in total. The third kappa shape index (κ3) is 2.50. The number of hydrogen-bond donors (Lipinski definition) is 2. The number of ether oxygens (including phenoxy) is 1. The number of rotatable bonds is 1. The zero-order valence-corrected chi connectivity index (χ0v) is 15.9. The molecule has 0 radical (unpaired) electrons. The largest absolute Gasteiger partial charge is 0.368 e. The number of nitrogens with zero attached hydrogens (tertiary/aromatic N) is 3. The Morgan fingerprint density at radius 2 is 2.00 bits per heavy atom. The lowest BCUT2D eigenvalue weighted by Gasteiger charge is -2.43. The van der Waals surface area contributed by atoms with E-state index in [2.05, 4.69) is 44.4 Å². The summed E-state index contributed by atoms with van der Waals surface area (Å²) in [6.07, 6.45) is 4.20. The lowest BCUT2D eigenvalue weighted by molar-refractivity contribution is -0.0957. The fourth-order valence-electron chi connectivity index (χ4n) is 4.84. The molecule has 3 aromatic heterocycles. The summed E-state index contributed by atoms with van der Waals surface area (Å²) in [6.45, 7) is 2.02. The standard InChI is InChI=1S/C22H21N5O2/c28-21(18-6-5-14-13-23-26-20(14)25-18)27-10-8-22(9-11-27)19-16(7-12-29-22)15-3-1-2-4-17(15)24-19/h1-6,13,24H,7-12H2,(H,23,25,26). The first-order valence-electron chi connectivity index (χ1n) is 10.1. The second-order valence-corrected chi connectivity index (χ2v) is 7.91. The number of benzene rings is 1. The Morgan fingerprint density at radius 1 is 1.14 bits per heavy atom. The van der Waals surface area contributed by atoms with E-state index in [1.54, 1.807) is 12.3 Å². The molecule has 1 fully saturated rings. The monoisotopic (exact) mass is 387 g/mol. The first-order valence-corrected chi connectivity index (χ1v) is 10.1. The normalized spacial score (nSPS) is 18.4. The van der Waals surface area contributed by atoms with Crippen molar-refractivity contribution >= 4 is 27.8 Å². The van der Waals surface area contributed by atoms with Gasteiger partial charge in [0.05, 0.1) is 18.5 Å². The molecule has 4 aromatic rings. The van der Waals surface area contributed by atoms with Crippen LogP contribution in [0.5, 0.6) is 0 Å². The van der Waals surface area contributed by atoms with Gasteiger partial charge in [-0.15, -0.1) is 0 Å². The molecule has 1 amide bonds. The van der Waals surface area contributed by atoms with Crippen LogP contribution in [-0.4, -0.2) is 50.7 Å². The Kier molecular flexibility index (Phi) is 3.55. The van der Waals surface area contributed by atoms with E-state index < -0.39 is 0 Å². The number of fused-ring (bicyclic) bond motifs is 5. The molecular formula is C22H21N5O2. The first kappa shape index (κ1) is 16.7. The Labute approximate surface area is 167 Å². The van der Waals surface area contributed by atoms with Crippen LogP contribution in [0.4, 0.5) is 0 Å². The van der Waals surface area contributed by atoms with Gasteiger partial charge >= 0.3 is 0 Å². The lowest BCUT2D eigenvalue weighted by atomic mass is 9.83. The summed E-state index contributed by atoms with van der Waals surface area (Å²) in [5, 5.41) is 9.01. The molecule has 2 aliphatic heterocycles. The van der Waals surface area contributed by atoms with Gasteiger partial charge in [-0.25, -0.2) is 4.98 Å². The maximum Gasteiger partial charge on any atom is 0.272 e. The molecule has 146 valence electrons. The predicted molar refractivity (Wildman–Crippen MR) is 109 cm³/mol. The van der Waals surface area contributed by atoms with Crippen LogP contribution < -0.4 is 0 Å². The molecule has 5 heterocycles. The first-order chi connectivity index (χ1) is 14.2. The van der Waals surface area contributed by atoms with Gasteiger partial charge in [0, 0.05) is 29.4 Å². The number of para-hydroxylation sites is 1. The fourth-order valence-corrected chi connectivity index (χ4v) is 4.84. The Bertz CT molecular complexity index is 1230. The molecule has 0 saturated carbocycles. The van der Waals surface area contributed by atoms with E-state index >= 15 is 0 Å². The molecule has 7 heteroatoms. The van der Waals surface area contributed by atoms with Crippen LogP contribution in [0.2, 0.25) is 0 Å². The van der Waals surface area contributed by atoms with Crippen molar-refractivity contribution in [3.05, 3.63) is 59.5 Å². The molecule has 1 saturated heterocycles. The van der Waals surface area contributed by atoms with Gasteiger partial charge < -0.3 is 14.6 Å². The van der Waals surface area contributed by atoms with E-state index in [1.807, 2.05) is 11.0 Å². The molecule has 6 rings (SSSR count). The van der Waals surface area contributed by atoms with Crippen LogP contribution in [0, 0.1) is 0 Å². The van der Waals surface area contributed by atoms with E-state index in [0.29, 0.717) is 24.4 Å². The van der Waals surface area contributed by atoms with Crippen molar-refractivity contribution in [2.45, 2.75) is 24.9 Å². The molecule has 0 bridgehead atoms. The molecule has 1 aromatic carbocycles. The number of piperidine rings is 1. The van der Waals surface area contributed by atoms with Gasteiger partial charge in [-0.05, 0) is 43.0 Å². The van der Waals surface area contributed by atoms with Crippen molar-refractivity contribution < 1.29 is 9.53 Å². The summed E-state index contributed by atoms with van der Waals surface area (Å²) in [5.74, 6) is -0.0379. The average molecular weight is 387 g/mol. The number of H-pyrrole nitrogens is 2. The SMILES string of the molecule is O=C(c1ccc2cn[nH]c2n1)N1CCC2(CC1)OCCc1c2[nH]c2ccccc12. The highest BCUT2D eigenvalue weighted by atomic mass is 16.5. The van der Waals surface area contributed by atoms with E-state index in [1.165, 1.54) is 16.6 Å². The molecule has 0 aliphatic carbocycles. The fraction of sp³-hybridized carbons (Fsp3) is 0.318. The van der Waals surface area contributed by atoms with E-state index in [9.17, 15) is 4.79 Å². The van der Waals surface area contributed by atoms with E-state index in [4.69, 9.17) is 4.74 Å². The van der Waals surface area contributed by atoms with Gasteiger partial charge in [-0.2, -0.15) is 5.10 Å². The van der Waals surface area contributed by atoms with Crippen molar-refractivity contribution in [3.8, 4) is 0 Å². The highest BCUT2D eigenvalue weighted by Gasteiger charge is 2.43. The van der Waals surface area contributed by atoms with Gasteiger partial charge in [0.1, 0.15) is 11.3 Å². The molecule has 0 unspecified atom stereocenters. The second-order valence-electron chi connectivity index (χ2n) is 7.91.